The summed E-state index contributed by atoms with van der Waals surface area (Å²) < 4.78 is 5.77. The highest BCUT2D eigenvalue weighted by Crippen LogP contribution is 2.38. The standard InChI is InChI=1S/C16H17N3O3S/c20-13-11-2-1-10(7-12(11)17-15(23)18-13)14(21)19-5-3-16(8-19)4-6-22-9-16/h1-2,7H,3-6,8-9H2,(H2,17,18,20,23)/t16-/m0/s1. The van der Waals surface area contributed by atoms with E-state index in [4.69, 9.17) is 17.0 Å². The molecule has 0 bridgehead atoms. The maximum atomic E-state index is 12.8. The van der Waals surface area contributed by atoms with Crippen molar-refractivity contribution in [2.45, 2.75) is 12.8 Å². The molecule has 2 aliphatic rings. The van der Waals surface area contributed by atoms with E-state index >= 15 is 0 Å². The van der Waals surface area contributed by atoms with Gasteiger partial charge in [0.05, 0.1) is 17.5 Å². The SMILES string of the molecule is O=C(c1ccc2c(=O)[nH]c(=S)[nH]c2c1)N1CC[C@]2(CCOC2)C1. The number of H-pyrrole nitrogens is 2. The van der Waals surface area contributed by atoms with Gasteiger partial charge in [0.25, 0.3) is 11.5 Å². The predicted octanol–water partition coefficient (Wildman–Crippen LogP) is 1.84. The number of aromatic amines is 2. The smallest absolute Gasteiger partial charge is 0.259 e. The fraction of sp³-hybridized carbons (Fsp3) is 0.438. The zero-order chi connectivity index (χ0) is 16.0. The van der Waals surface area contributed by atoms with E-state index in [0.29, 0.717) is 16.5 Å². The van der Waals surface area contributed by atoms with Crippen LogP contribution in [-0.2, 0) is 4.74 Å². The highest BCUT2D eigenvalue weighted by atomic mass is 32.1. The average Bonchev–Trinajstić information content (AvgIpc) is 3.16. The molecule has 1 aromatic heterocycles. The van der Waals surface area contributed by atoms with Gasteiger partial charge < -0.3 is 14.6 Å². The largest absolute Gasteiger partial charge is 0.381 e. The van der Waals surface area contributed by atoms with Crippen LogP contribution in [0.15, 0.2) is 23.0 Å². The van der Waals surface area contributed by atoms with E-state index in [0.717, 1.165) is 39.1 Å². The molecule has 0 aliphatic carbocycles. The van der Waals surface area contributed by atoms with Crippen molar-refractivity contribution < 1.29 is 9.53 Å². The summed E-state index contributed by atoms with van der Waals surface area (Å²) in [6.07, 6.45) is 2.02. The molecule has 2 fully saturated rings. The van der Waals surface area contributed by atoms with E-state index in [1.54, 1.807) is 18.2 Å². The van der Waals surface area contributed by atoms with Gasteiger partial charge in [0.15, 0.2) is 4.77 Å². The van der Waals surface area contributed by atoms with E-state index in [2.05, 4.69) is 9.97 Å². The maximum absolute atomic E-state index is 12.8. The van der Waals surface area contributed by atoms with Gasteiger partial charge in [-0.1, -0.05) is 0 Å². The second-order valence-electron chi connectivity index (χ2n) is 6.45. The molecule has 23 heavy (non-hydrogen) atoms. The fourth-order valence-electron chi connectivity index (χ4n) is 3.57. The minimum atomic E-state index is -0.244. The van der Waals surface area contributed by atoms with E-state index in [1.807, 2.05) is 4.90 Å². The summed E-state index contributed by atoms with van der Waals surface area (Å²) in [7, 11) is 0. The topological polar surface area (TPSA) is 78.2 Å². The first-order valence-corrected chi connectivity index (χ1v) is 8.11. The summed E-state index contributed by atoms with van der Waals surface area (Å²) in [5, 5.41) is 0.497. The van der Waals surface area contributed by atoms with Gasteiger partial charge in [0.1, 0.15) is 0 Å². The highest BCUT2D eigenvalue weighted by Gasteiger charge is 2.42. The Morgan fingerprint density at radius 1 is 1.30 bits per heavy atom. The predicted molar refractivity (Wildman–Crippen MR) is 88.1 cm³/mol. The van der Waals surface area contributed by atoms with Gasteiger partial charge in [-0.25, -0.2) is 0 Å². The zero-order valence-corrected chi connectivity index (χ0v) is 13.4. The van der Waals surface area contributed by atoms with Crippen LogP contribution in [0, 0.1) is 10.2 Å². The van der Waals surface area contributed by atoms with Gasteiger partial charge in [-0.05, 0) is 43.3 Å². The number of carbonyl (C=O) groups excluding carboxylic acids is 1. The number of carbonyl (C=O) groups is 1. The Morgan fingerprint density at radius 3 is 2.96 bits per heavy atom. The number of nitrogens with one attached hydrogen (secondary N) is 2. The number of aromatic nitrogens is 2. The monoisotopic (exact) mass is 331 g/mol. The lowest BCUT2D eigenvalue weighted by Gasteiger charge is -2.22. The summed E-state index contributed by atoms with van der Waals surface area (Å²) >= 11 is 4.99. The molecular formula is C16H17N3O3S. The van der Waals surface area contributed by atoms with Crippen molar-refractivity contribution in [1.29, 1.82) is 0 Å². The van der Waals surface area contributed by atoms with Crippen LogP contribution in [0.2, 0.25) is 0 Å². The highest BCUT2D eigenvalue weighted by molar-refractivity contribution is 7.71. The lowest BCUT2D eigenvalue weighted by Crippen LogP contribution is -2.32. The average molecular weight is 331 g/mol. The van der Waals surface area contributed by atoms with Crippen LogP contribution in [0.4, 0.5) is 0 Å². The number of hydrogen-bond acceptors (Lipinski definition) is 4. The Hall–Kier alpha value is -1.99. The van der Waals surface area contributed by atoms with Crippen LogP contribution in [-0.4, -0.2) is 47.1 Å². The van der Waals surface area contributed by atoms with Gasteiger partial charge in [0.2, 0.25) is 0 Å². The molecule has 7 heteroatoms. The van der Waals surface area contributed by atoms with E-state index in [1.165, 1.54) is 0 Å². The normalized spacial score (nSPS) is 23.9. The van der Waals surface area contributed by atoms with Gasteiger partial charge >= 0.3 is 0 Å². The minimum Gasteiger partial charge on any atom is -0.381 e. The van der Waals surface area contributed by atoms with Crippen molar-refractivity contribution in [3.8, 4) is 0 Å². The molecule has 1 amide bonds. The molecule has 2 aliphatic heterocycles. The van der Waals surface area contributed by atoms with Crippen LogP contribution < -0.4 is 5.56 Å². The second-order valence-corrected chi connectivity index (χ2v) is 6.86. The number of likely N-dealkylation sites (tertiary alicyclic amines) is 1. The molecule has 120 valence electrons. The summed E-state index contributed by atoms with van der Waals surface area (Å²) in [5.41, 5.74) is 1.06. The van der Waals surface area contributed by atoms with Crippen LogP contribution in [0.5, 0.6) is 0 Å². The van der Waals surface area contributed by atoms with E-state index < -0.39 is 0 Å². The van der Waals surface area contributed by atoms with Crippen molar-refractivity contribution in [2.75, 3.05) is 26.3 Å². The number of benzene rings is 1. The molecular weight excluding hydrogens is 314 g/mol. The Labute approximate surface area is 137 Å². The third-order valence-corrected chi connectivity index (χ3v) is 5.10. The van der Waals surface area contributed by atoms with Crippen molar-refractivity contribution in [3.05, 3.63) is 38.9 Å². The first-order valence-electron chi connectivity index (χ1n) is 7.70. The van der Waals surface area contributed by atoms with Crippen molar-refractivity contribution in [2.24, 2.45) is 5.41 Å². The van der Waals surface area contributed by atoms with Crippen LogP contribution in [0.1, 0.15) is 23.2 Å². The Morgan fingerprint density at radius 2 is 2.17 bits per heavy atom. The Kier molecular flexibility index (Phi) is 3.35. The number of rotatable bonds is 1. The van der Waals surface area contributed by atoms with Gasteiger partial charge in [-0.3, -0.25) is 14.6 Å². The van der Waals surface area contributed by atoms with Crippen molar-refractivity contribution in [3.63, 3.8) is 0 Å². The van der Waals surface area contributed by atoms with E-state index in [-0.39, 0.29) is 21.7 Å². The lowest BCUT2D eigenvalue weighted by molar-refractivity contribution is 0.0766. The minimum absolute atomic E-state index is 0.00437. The molecule has 2 saturated heterocycles. The molecule has 2 aromatic rings. The number of fused-ring (bicyclic) bond motifs is 1. The summed E-state index contributed by atoms with van der Waals surface area (Å²) in [4.78, 5) is 32.0. The Balaban J connectivity index is 1.65. The zero-order valence-electron chi connectivity index (χ0n) is 12.6. The van der Waals surface area contributed by atoms with Gasteiger partial charge in [-0.15, -0.1) is 0 Å². The lowest BCUT2D eigenvalue weighted by atomic mass is 9.87. The third kappa shape index (κ3) is 2.49. The quantitative estimate of drug-likeness (QED) is 0.782. The van der Waals surface area contributed by atoms with Crippen molar-refractivity contribution >= 4 is 29.0 Å². The summed E-state index contributed by atoms with van der Waals surface area (Å²) in [6, 6.07) is 5.07. The summed E-state index contributed by atoms with van der Waals surface area (Å²) in [5.74, 6) is -0.00437. The third-order valence-electron chi connectivity index (χ3n) is 4.90. The van der Waals surface area contributed by atoms with Crippen LogP contribution in [0.25, 0.3) is 10.9 Å². The Bertz CT molecular complexity index is 895. The van der Waals surface area contributed by atoms with E-state index in [9.17, 15) is 9.59 Å². The first kappa shape index (κ1) is 14.6. The molecule has 1 aromatic carbocycles. The molecule has 0 unspecified atom stereocenters. The first-order chi connectivity index (χ1) is 11.1. The molecule has 6 nitrogen and oxygen atoms in total. The van der Waals surface area contributed by atoms with Gasteiger partial charge in [-0.2, -0.15) is 0 Å². The number of nitrogens with zero attached hydrogens (tertiary/aromatic N) is 1. The molecule has 1 atom stereocenters. The molecule has 0 radical (unpaired) electrons. The number of hydrogen-bond donors (Lipinski definition) is 2. The van der Waals surface area contributed by atoms with Gasteiger partial charge in [0, 0.05) is 30.7 Å². The van der Waals surface area contributed by atoms with Crippen LogP contribution in [0.3, 0.4) is 0 Å². The number of ether oxygens (including phenoxy) is 1. The molecule has 4 rings (SSSR count). The summed E-state index contributed by atoms with van der Waals surface area (Å²) in [6.45, 7) is 3.04. The molecule has 1 spiro atoms. The molecule has 0 saturated carbocycles. The number of amides is 1. The van der Waals surface area contributed by atoms with Crippen molar-refractivity contribution in [1.82, 2.24) is 14.9 Å². The molecule has 3 heterocycles. The maximum Gasteiger partial charge on any atom is 0.259 e. The molecule has 2 N–H and O–H groups in total. The fourth-order valence-corrected chi connectivity index (χ4v) is 3.77. The second kappa shape index (κ2) is 5.28. The van der Waals surface area contributed by atoms with Crippen LogP contribution >= 0.6 is 12.2 Å².